The van der Waals surface area contributed by atoms with Crippen molar-refractivity contribution in [3.63, 3.8) is 0 Å². The first-order valence-corrected chi connectivity index (χ1v) is 11.0. The highest BCUT2D eigenvalue weighted by Crippen LogP contribution is 2.29. The molecule has 0 spiro atoms. The minimum Gasteiger partial charge on any atom is -0.493 e. The normalized spacial score (nSPS) is 10.7. The third-order valence-corrected chi connectivity index (χ3v) is 4.97. The maximum atomic E-state index is 12.5. The fraction of sp³-hybridized carbons (Fsp3) is 0.259. The Bertz CT molecular complexity index is 1130. The molecule has 3 aromatic carbocycles. The van der Waals surface area contributed by atoms with Gasteiger partial charge < -0.3 is 18.9 Å². The molecule has 3 aromatic rings. The topological polar surface area (TPSA) is 78.4 Å². The van der Waals surface area contributed by atoms with E-state index in [-0.39, 0.29) is 5.91 Å². The Kier molecular flexibility index (Phi) is 8.91. The van der Waals surface area contributed by atoms with Crippen molar-refractivity contribution in [1.82, 2.24) is 5.43 Å². The van der Waals surface area contributed by atoms with Gasteiger partial charge in [0.05, 0.1) is 27.0 Å². The molecule has 0 fully saturated rings. The Morgan fingerprint density at radius 2 is 1.56 bits per heavy atom. The molecule has 178 valence electrons. The molecule has 0 unspecified atom stereocenters. The Balaban J connectivity index is 1.61. The van der Waals surface area contributed by atoms with Crippen LogP contribution in [-0.4, -0.2) is 32.9 Å². The lowest BCUT2D eigenvalue weighted by Gasteiger charge is -2.12. The fourth-order valence-corrected chi connectivity index (χ4v) is 3.10. The van der Waals surface area contributed by atoms with Gasteiger partial charge in [-0.3, -0.25) is 4.79 Å². The number of aryl methyl sites for hydroxylation is 1. The molecule has 3 rings (SSSR count). The van der Waals surface area contributed by atoms with E-state index in [0.717, 1.165) is 17.5 Å². The molecule has 0 aliphatic heterocycles. The van der Waals surface area contributed by atoms with Crippen molar-refractivity contribution in [2.75, 3.05) is 20.8 Å². The van der Waals surface area contributed by atoms with Gasteiger partial charge in [-0.1, -0.05) is 36.8 Å². The van der Waals surface area contributed by atoms with Gasteiger partial charge in [-0.2, -0.15) is 5.10 Å². The minimum atomic E-state index is -0.360. The van der Waals surface area contributed by atoms with Crippen LogP contribution in [0, 0.1) is 6.92 Å². The predicted molar refractivity (Wildman–Crippen MR) is 132 cm³/mol. The van der Waals surface area contributed by atoms with Crippen LogP contribution in [-0.2, 0) is 6.61 Å². The highest BCUT2D eigenvalue weighted by Gasteiger charge is 2.11. The number of hydrogen-bond acceptors (Lipinski definition) is 6. The third-order valence-electron chi connectivity index (χ3n) is 4.97. The van der Waals surface area contributed by atoms with Crippen LogP contribution in [0.5, 0.6) is 23.0 Å². The average Bonchev–Trinajstić information content (AvgIpc) is 2.87. The van der Waals surface area contributed by atoms with Gasteiger partial charge in [-0.05, 0) is 60.9 Å². The SMILES string of the molecule is CCCOc1ccc(C(=O)N/N=C/c2ccc(OCc3ccc(C)cc3)c(OC)c2)cc1OC. The fourth-order valence-electron chi connectivity index (χ4n) is 3.10. The lowest BCUT2D eigenvalue weighted by Crippen LogP contribution is -2.17. The number of carbonyl (C=O) groups excluding carboxylic acids is 1. The minimum absolute atomic E-state index is 0.360. The number of nitrogens with zero attached hydrogens (tertiary/aromatic N) is 1. The van der Waals surface area contributed by atoms with Crippen LogP contribution in [0.25, 0.3) is 0 Å². The van der Waals surface area contributed by atoms with Gasteiger partial charge in [0, 0.05) is 5.56 Å². The number of carbonyl (C=O) groups is 1. The molecule has 0 bridgehead atoms. The van der Waals surface area contributed by atoms with E-state index in [1.807, 2.05) is 38.1 Å². The number of ether oxygens (including phenoxy) is 4. The van der Waals surface area contributed by atoms with E-state index >= 15 is 0 Å². The molecule has 1 amide bonds. The number of hydrogen-bond donors (Lipinski definition) is 1. The molecule has 0 aliphatic carbocycles. The lowest BCUT2D eigenvalue weighted by atomic mass is 10.2. The van der Waals surface area contributed by atoms with Crippen LogP contribution in [0.1, 0.15) is 40.4 Å². The van der Waals surface area contributed by atoms with Gasteiger partial charge in [0.1, 0.15) is 6.61 Å². The van der Waals surface area contributed by atoms with Crippen molar-refractivity contribution in [3.8, 4) is 23.0 Å². The maximum Gasteiger partial charge on any atom is 0.271 e. The van der Waals surface area contributed by atoms with Crippen LogP contribution in [0.4, 0.5) is 0 Å². The Labute approximate surface area is 200 Å². The van der Waals surface area contributed by atoms with Crippen molar-refractivity contribution in [1.29, 1.82) is 0 Å². The Morgan fingerprint density at radius 1 is 0.882 bits per heavy atom. The molecular formula is C27H30N2O5. The van der Waals surface area contributed by atoms with E-state index in [1.54, 1.807) is 37.6 Å². The molecule has 0 atom stereocenters. The highest BCUT2D eigenvalue weighted by atomic mass is 16.5. The van der Waals surface area contributed by atoms with Gasteiger partial charge >= 0.3 is 0 Å². The summed E-state index contributed by atoms with van der Waals surface area (Å²) in [6.45, 7) is 5.08. The predicted octanol–water partition coefficient (Wildman–Crippen LogP) is 5.14. The molecule has 7 nitrogen and oxygen atoms in total. The number of methoxy groups -OCH3 is 2. The molecule has 0 heterocycles. The molecule has 0 saturated heterocycles. The molecular weight excluding hydrogens is 432 g/mol. The van der Waals surface area contributed by atoms with Crippen molar-refractivity contribution in [2.24, 2.45) is 5.10 Å². The van der Waals surface area contributed by atoms with E-state index in [1.165, 1.54) is 12.7 Å². The molecule has 7 heteroatoms. The molecule has 0 saturated carbocycles. The van der Waals surface area contributed by atoms with Gasteiger partial charge in [0.25, 0.3) is 5.91 Å². The highest BCUT2D eigenvalue weighted by molar-refractivity contribution is 5.95. The third kappa shape index (κ3) is 6.75. The second-order valence-corrected chi connectivity index (χ2v) is 7.60. The summed E-state index contributed by atoms with van der Waals surface area (Å²) in [6, 6.07) is 18.6. The maximum absolute atomic E-state index is 12.5. The van der Waals surface area contributed by atoms with E-state index < -0.39 is 0 Å². The molecule has 34 heavy (non-hydrogen) atoms. The summed E-state index contributed by atoms with van der Waals surface area (Å²) < 4.78 is 22.3. The smallest absolute Gasteiger partial charge is 0.271 e. The molecule has 0 aliphatic rings. The first kappa shape index (κ1) is 24.6. The van der Waals surface area contributed by atoms with Crippen LogP contribution in [0.15, 0.2) is 65.8 Å². The lowest BCUT2D eigenvalue weighted by molar-refractivity contribution is 0.0954. The molecule has 0 aromatic heterocycles. The summed E-state index contributed by atoms with van der Waals surface area (Å²) in [5.41, 5.74) is 5.96. The zero-order valence-corrected chi connectivity index (χ0v) is 20.0. The Morgan fingerprint density at radius 3 is 2.26 bits per heavy atom. The number of hydrazone groups is 1. The van der Waals surface area contributed by atoms with Crippen LogP contribution >= 0.6 is 0 Å². The van der Waals surface area contributed by atoms with Crippen LogP contribution < -0.4 is 24.4 Å². The van der Waals surface area contributed by atoms with Gasteiger partial charge in [-0.15, -0.1) is 0 Å². The van der Waals surface area contributed by atoms with E-state index in [0.29, 0.717) is 41.8 Å². The summed E-state index contributed by atoms with van der Waals surface area (Å²) >= 11 is 0. The summed E-state index contributed by atoms with van der Waals surface area (Å²) in [5.74, 6) is 1.94. The zero-order chi connectivity index (χ0) is 24.3. The van der Waals surface area contributed by atoms with Crippen molar-refractivity contribution in [3.05, 3.63) is 82.9 Å². The quantitative estimate of drug-likeness (QED) is 0.315. The van der Waals surface area contributed by atoms with E-state index in [9.17, 15) is 4.79 Å². The number of amides is 1. The first-order valence-electron chi connectivity index (χ1n) is 11.0. The van der Waals surface area contributed by atoms with Crippen molar-refractivity contribution < 1.29 is 23.7 Å². The van der Waals surface area contributed by atoms with Gasteiger partial charge in [-0.25, -0.2) is 5.43 Å². The monoisotopic (exact) mass is 462 g/mol. The van der Waals surface area contributed by atoms with Gasteiger partial charge in [0.2, 0.25) is 0 Å². The summed E-state index contributed by atoms with van der Waals surface area (Å²) in [6.07, 6.45) is 2.42. The largest absolute Gasteiger partial charge is 0.493 e. The van der Waals surface area contributed by atoms with E-state index in [2.05, 4.69) is 22.7 Å². The first-order chi connectivity index (χ1) is 16.5. The average molecular weight is 463 g/mol. The number of rotatable bonds is 11. The second kappa shape index (κ2) is 12.3. The van der Waals surface area contributed by atoms with Gasteiger partial charge in [0.15, 0.2) is 23.0 Å². The van der Waals surface area contributed by atoms with Crippen molar-refractivity contribution >= 4 is 12.1 Å². The number of nitrogens with one attached hydrogen (secondary N) is 1. The summed E-state index contributed by atoms with van der Waals surface area (Å²) in [7, 11) is 3.12. The number of benzene rings is 3. The summed E-state index contributed by atoms with van der Waals surface area (Å²) in [4.78, 5) is 12.5. The van der Waals surface area contributed by atoms with Crippen LogP contribution in [0.3, 0.4) is 0 Å². The van der Waals surface area contributed by atoms with Crippen molar-refractivity contribution in [2.45, 2.75) is 26.9 Å². The van der Waals surface area contributed by atoms with Crippen LogP contribution in [0.2, 0.25) is 0 Å². The zero-order valence-electron chi connectivity index (χ0n) is 20.0. The summed E-state index contributed by atoms with van der Waals surface area (Å²) in [5, 5.41) is 4.06. The Hall–Kier alpha value is -4.00. The van der Waals surface area contributed by atoms with E-state index in [4.69, 9.17) is 18.9 Å². The second-order valence-electron chi connectivity index (χ2n) is 7.60. The molecule has 0 radical (unpaired) electrons. The standard InChI is InChI=1S/C27H30N2O5/c1-5-14-33-23-13-11-22(16-26(23)32-4)27(30)29-28-17-21-10-12-24(25(15-21)31-3)34-18-20-8-6-19(2)7-9-20/h6-13,15-17H,5,14,18H2,1-4H3,(H,29,30)/b28-17+. The molecule has 1 N–H and O–H groups in total.